The molecule has 0 aromatic heterocycles. The first-order valence-electron chi connectivity index (χ1n) is 6.96. The van der Waals surface area contributed by atoms with Gasteiger partial charge in [-0.05, 0) is 56.1 Å². The highest BCUT2D eigenvalue weighted by Gasteiger charge is 2.47. The van der Waals surface area contributed by atoms with Gasteiger partial charge in [0, 0.05) is 10.7 Å². The van der Waals surface area contributed by atoms with Gasteiger partial charge >= 0.3 is 0 Å². The lowest BCUT2D eigenvalue weighted by atomic mass is 9.74. The summed E-state index contributed by atoms with van der Waals surface area (Å²) in [6.45, 7) is 7.77. The smallest absolute Gasteiger partial charge is 0.235 e. The van der Waals surface area contributed by atoms with Crippen LogP contribution in [0.2, 0.25) is 5.02 Å². The predicted molar refractivity (Wildman–Crippen MR) is 79.9 cm³/mol. The maximum absolute atomic E-state index is 12.3. The summed E-state index contributed by atoms with van der Waals surface area (Å²) in [4.78, 5) is 12.3. The average molecular weight is 281 g/mol. The highest BCUT2D eigenvalue weighted by molar-refractivity contribution is 6.31. The standard InChI is InChI=1S/C13H15ClN2O.C2H6/c1-8-6-9(14)7-10-11(8)16-12(17)13(10)2-4-15-5-3-13;1-2/h6-7,15H,2-5H2,1H3,(H,16,17);1-2H3. The first-order valence-corrected chi connectivity index (χ1v) is 7.34. The average Bonchev–Trinajstić information content (AvgIpc) is 2.68. The van der Waals surface area contributed by atoms with E-state index in [1.165, 1.54) is 0 Å². The van der Waals surface area contributed by atoms with Crippen molar-refractivity contribution in [2.75, 3.05) is 18.4 Å². The summed E-state index contributed by atoms with van der Waals surface area (Å²) >= 11 is 6.12. The number of rotatable bonds is 0. The normalized spacial score (nSPS) is 19.5. The zero-order chi connectivity index (χ0) is 14.0. The van der Waals surface area contributed by atoms with E-state index in [9.17, 15) is 4.79 Å². The lowest BCUT2D eigenvalue weighted by Crippen LogP contribution is -2.44. The Labute approximate surface area is 119 Å². The summed E-state index contributed by atoms with van der Waals surface area (Å²) in [6.07, 6.45) is 1.71. The van der Waals surface area contributed by atoms with Crippen molar-refractivity contribution in [1.29, 1.82) is 0 Å². The molecule has 1 spiro atoms. The molecular formula is C15H21ClN2O. The van der Waals surface area contributed by atoms with Gasteiger partial charge in [-0.2, -0.15) is 0 Å². The van der Waals surface area contributed by atoms with Crippen molar-refractivity contribution in [3.63, 3.8) is 0 Å². The number of piperidine rings is 1. The van der Waals surface area contributed by atoms with Crippen molar-refractivity contribution in [2.24, 2.45) is 0 Å². The summed E-state index contributed by atoms with van der Waals surface area (Å²) in [5, 5.41) is 7.05. The second-order valence-corrected chi connectivity index (χ2v) is 5.37. The molecule has 0 aliphatic carbocycles. The second-order valence-electron chi connectivity index (χ2n) is 4.93. The van der Waals surface area contributed by atoms with Gasteiger partial charge in [-0.15, -0.1) is 0 Å². The molecule has 19 heavy (non-hydrogen) atoms. The lowest BCUT2D eigenvalue weighted by Gasteiger charge is -2.32. The zero-order valence-electron chi connectivity index (χ0n) is 11.8. The fraction of sp³-hybridized carbons (Fsp3) is 0.533. The van der Waals surface area contributed by atoms with Crippen LogP contribution in [0.1, 0.15) is 37.8 Å². The van der Waals surface area contributed by atoms with E-state index in [-0.39, 0.29) is 11.3 Å². The number of anilines is 1. The van der Waals surface area contributed by atoms with Crippen LogP contribution in [0.3, 0.4) is 0 Å². The Kier molecular flexibility index (Phi) is 4.16. The van der Waals surface area contributed by atoms with Crippen LogP contribution in [0.4, 0.5) is 5.69 Å². The molecule has 2 aliphatic rings. The highest BCUT2D eigenvalue weighted by atomic mass is 35.5. The number of halogens is 1. The Morgan fingerprint density at radius 2 is 1.84 bits per heavy atom. The maximum Gasteiger partial charge on any atom is 0.235 e. The van der Waals surface area contributed by atoms with Gasteiger partial charge in [-0.25, -0.2) is 0 Å². The Hall–Kier alpha value is -1.06. The first kappa shape index (κ1) is 14.4. The molecular weight excluding hydrogens is 260 g/mol. The Balaban J connectivity index is 0.000000637. The number of carbonyl (C=O) groups is 1. The molecule has 104 valence electrons. The van der Waals surface area contributed by atoms with E-state index in [0.717, 1.165) is 47.8 Å². The van der Waals surface area contributed by atoms with Crippen molar-refractivity contribution >= 4 is 23.2 Å². The van der Waals surface area contributed by atoms with E-state index in [4.69, 9.17) is 11.6 Å². The molecule has 4 heteroatoms. The molecule has 3 nitrogen and oxygen atoms in total. The van der Waals surface area contributed by atoms with Crippen LogP contribution in [-0.2, 0) is 10.2 Å². The number of hydrogen-bond acceptors (Lipinski definition) is 2. The van der Waals surface area contributed by atoms with Crippen molar-refractivity contribution in [3.8, 4) is 0 Å². The van der Waals surface area contributed by atoms with Crippen LogP contribution in [0, 0.1) is 6.92 Å². The van der Waals surface area contributed by atoms with Crippen LogP contribution in [0.15, 0.2) is 12.1 Å². The van der Waals surface area contributed by atoms with Gasteiger partial charge in [0.25, 0.3) is 0 Å². The Bertz CT molecular complexity index is 493. The van der Waals surface area contributed by atoms with E-state index >= 15 is 0 Å². The number of nitrogens with one attached hydrogen (secondary N) is 2. The lowest BCUT2D eigenvalue weighted by molar-refractivity contribution is -0.121. The van der Waals surface area contributed by atoms with Crippen molar-refractivity contribution in [2.45, 2.75) is 39.0 Å². The fourth-order valence-corrected chi connectivity index (χ4v) is 3.26. The molecule has 2 N–H and O–H groups in total. The monoisotopic (exact) mass is 280 g/mol. The van der Waals surface area contributed by atoms with E-state index in [0.29, 0.717) is 0 Å². The molecule has 0 unspecified atom stereocenters. The van der Waals surface area contributed by atoms with Gasteiger partial charge in [0.1, 0.15) is 0 Å². The number of amides is 1. The van der Waals surface area contributed by atoms with Gasteiger partial charge in [0.15, 0.2) is 0 Å². The minimum absolute atomic E-state index is 0.138. The molecule has 1 aromatic rings. The van der Waals surface area contributed by atoms with Gasteiger partial charge in [-0.3, -0.25) is 4.79 Å². The minimum atomic E-state index is -0.351. The molecule has 0 radical (unpaired) electrons. The van der Waals surface area contributed by atoms with Crippen LogP contribution in [-0.4, -0.2) is 19.0 Å². The molecule has 1 amide bonds. The first-order chi connectivity index (χ1) is 9.13. The summed E-state index contributed by atoms with van der Waals surface area (Å²) in [7, 11) is 0. The minimum Gasteiger partial charge on any atom is -0.325 e. The van der Waals surface area contributed by atoms with Crippen molar-refractivity contribution < 1.29 is 4.79 Å². The van der Waals surface area contributed by atoms with Crippen LogP contribution in [0.5, 0.6) is 0 Å². The second kappa shape index (κ2) is 5.51. The van der Waals surface area contributed by atoms with Gasteiger partial charge < -0.3 is 10.6 Å². The van der Waals surface area contributed by atoms with Crippen LogP contribution in [0.25, 0.3) is 0 Å². The Morgan fingerprint density at radius 3 is 2.47 bits per heavy atom. The summed E-state index contributed by atoms with van der Waals surface area (Å²) in [5.74, 6) is 0.138. The topological polar surface area (TPSA) is 41.1 Å². The predicted octanol–water partition coefficient (Wildman–Crippen LogP) is 3.25. The molecule has 0 bridgehead atoms. The third-order valence-corrected chi connectivity index (χ3v) is 4.16. The quantitative estimate of drug-likeness (QED) is 0.766. The van der Waals surface area contributed by atoms with Gasteiger partial charge in [-0.1, -0.05) is 25.4 Å². The summed E-state index contributed by atoms with van der Waals surface area (Å²) < 4.78 is 0. The molecule has 1 saturated heterocycles. The summed E-state index contributed by atoms with van der Waals surface area (Å²) in [6, 6.07) is 3.86. The Morgan fingerprint density at radius 1 is 1.21 bits per heavy atom. The zero-order valence-corrected chi connectivity index (χ0v) is 12.5. The largest absolute Gasteiger partial charge is 0.325 e. The number of hydrogen-bond donors (Lipinski definition) is 2. The number of fused-ring (bicyclic) bond motifs is 2. The molecule has 2 heterocycles. The third-order valence-electron chi connectivity index (χ3n) is 3.95. The van der Waals surface area contributed by atoms with E-state index in [2.05, 4.69) is 10.6 Å². The molecule has 3 rings (SSSR count). The molecule has 1 fully saturated rings. The van der Waals surface area contributed by atoms with Crippen molar-refractivity contribution in [3.05, 3.63) is 28.3 Å². The summed E-state index contributed by atoms with van der Waals surface area (Å²) in [5.41, 5.74) is 2.77. The third kappa shape index (κ3) is 2.26. The molecule has 1 aromatic carbocycles. The molecule has 2 aliphatic heterocycles. The maximum atomic E-state index is 12.3. The van der Waals surface area contributed by atoms with Crippen LogP contribution >= 0.6 is 11.6 Å². The van der Waals surface area contributed by atoms with Crippen LogP contribution < -0.4 is 10.6 Å². The number of aryl methyl sites for hydroxylation is 1. The fourth-order valence-electron chi connectivity index (χ4n) is 2.99. The number of carbonyl (C=O) groups excluding carboxylic acids is 1. The van der Waals surface area contributed by atoms with Crippen molar-refractivity contribution in [1.82, 2.24) is 5.32 Å². The van der Waals surface area contributed by atoms with E-state index in [1.807, 2.05) is 32.9 Å². The van der Waals surface area contributed by atoms with E-state index in [1.54, 1.807) is 0 Å². The highest BCUT2D eigenvalue weighted by Crippen LogP contribution is 2.46. The molecule has 0 atom stereocenters. The van der Waals surface area contributed by atoms with Gasteiger partial charge in [0.05, 0.1) is 5.41 Å². The molecule has 0 saturated carbocycles. The van der Waals surface area contributed by atoms with E-state index < -0.39 is 0 Å². The van der Waals surface area contributed by atoms with Gasteiger partial charge in [0.2, 0.25) is 5.91 Å². The SMILES string of the molecule is CC.Cc1cc(Cl)cc2c1NC(=O)C21CCNCC1. The number of benzene rings is 1.